The lowest BCUT2D eigenvalue weighted by molar-refractivity contribution is 0.109. The maximum atomic E-state index is 12.3. The molecule has 0 N–H and O–H groups in total. The van der Waals surface area contributed by atoms with Crippen LogP contribution in [0.2, 0.25) is 0 Å². The molecule has 2 heterocycles. The third kappa shape index (κ3) is 7.63. The van der Waals surface area contributed by atoms with E-state index in [1.807, 2.05) is 0 Å². The first-order valence-electron chi connectivity index (χ1n) is 13.6. The van der Waals surface area contributed by atoms with Gasteiger partial charge in [-0.1, -0.05) is 67.1 Å². The number of piperidine rings is 1. The van der Waals surface area contributed by atoms with Gasteiger partial charge in [0.1, 0.15) is 0 Å². The Kier molecular flexibility index (Phi) is 9.78. The van der Waals surface area contributed by atoms with Crippen molar-refractivity contribution in [2.45, 2.75) is 51.5 Å². The molecule has 0 aromatic heterocycles. The Labute approximate surface area is 213 Å². The third-order valence-electron chi connectivity index (χ3n) is 8.00. The van der Waals surface area contributed by atoms with Gasteiger partial charge in [-0.2, -0.15) is 4.31 Å². The van der Waals surface area contributed by atoms with Gasteiger partial charge in [0.15, 0.2) is 0 Å². The van der Waals surface area contributed by atoms with E-state index >= 15 is 0 Å². The van der Waals surface area contributed by atoms with Crippen LogP contribution in [0, 0.1) is 5.92 Å². The van der Waals surface area contributed by atoms with Crippen LogP contribution >= 0.6 is 0 Å². The zero-order chi connectivity index (χ0) is 24.5. The van der Waals surface area contributed by atoms with Crippen molar-refractivity contribution in [2.75, 3.05) is 51.6 Å². The van der Waals surface area contributed by atoms with Gasteiger partial charge < -0.3 is 4.90 Å². The maximum Gasteiger partial charge on any atom is 0.213 e. The summed E-state index contributed by atoms with van der Waals surface area (Å²) in [5.41, 5.74) is 2.82. The van der Waals surface area contributed by atoms with E-state index in [0.717, 1.165) is 32.0 Å². The van der Waals surface area contributed by atoms with E-state index in [-0.39, 0.29) is 5.75 Å². The summed E-state index contributed by atoms with van der Waals surface area (Å²) in [6.07, 6.45) is 7.58. The monoisotopic (exact) mass is 497 g/mol. The molecule has 2 aliphatic rings. The summed E-state index contributed by atoms with van der Waals surface area (Å²) in [5, 5.41) is 0. The molecule has 5 nitrogen and oxygen atoms in total. The number of piperazine rings is 1. The normalized spacial score (nSPS) is 20.1. The van der Waals surface area contributed by atoms with Crippen molar-refractivity contribution in [1.82, 2.24) is 14.1 Å². The van der Waals surface area contributed by atoms with Gasteiger partial charge in [0.05, 0.1) is 5.75 Å². The van der Waals surface area contributed by atoms with Gasteiger partial charge in [-0.05, 0) is 75.7 Å². The van der Waals surface area contributed by atoms with Gasteiger partial charge >= 0.3 is 0 Å². The first kappa shape index (κ1) is 26.3. The Morgan fingerprint density at radius 2 is 1.49 bits per heavy atom. The number of rotatable bonds is 11. The Balaban J connectivity index is 1.24. The molecule has 2 fully saturated rings. The summed E-state index contributed by atoms with van der Waals surface area (Å²) in [4.78, 5) is 5.16. The zero-order valence-corrected chi connectivity index (χ0v) is 22.2. The van der Waals surface area contributed by atoms with Crippen LogP contribution in [-0.2, 0) is 16.4 Å². The Morgan fingerprint density at radius 1 is 0.857 bits per heavy atom. The third-order valence-corrected chi connectivity index (χ3v) is 9.88. The highest BCUT2D eigenvalue weighted by Gasteiger charge is 2.30. The number of nitrogens with zero attached hydrogens (tertiary/aromatic N) is 3. The molecular weight excluding hydrogens is 454 g/mol. The molecule has 1 unspecified atom stereocenters. The van der Waals surface area contributed by atoms with Crippen LogP contribution in [0.1, 0.15) is 56.2 Å². The lowest BCUT2D eigenvalue weighted by Crippen LogP contribution is -2.50. The second-order valence-corrected chi connectivity index (χ2v) is 12.5. The van der Waals surface area contributed by atoms with Gasteiger partial charge in [-0.3, -0.25) is 4.90 Å². The predicted molar refractivity (Wildman–Crippen MR) is 145 cm³/mol. The van der Waals surface area contributed by atoms with E-state index in [1.165, 1.54) is 56.3 Å². The van der Waals surface area contributed by atoms with E-state index in [0.29, 0.717) is 19.1 Å². The minimum atomic E-state index is -3.09. The van der Waals surface area contributed by atoms with E-state index in [9.17, 15) is 8.42 Å². The van der Waals surface area contributed by atoms with Gasteiger partial charge in [0.2, 0.25) is 10.0 Å². The molecule has 0 aliphatic carbocycles. The van der Waals surface area contributed by atoms with Crippen LogP contribution in [0.4, 0.5) is 0 Å². The summed E-state index contributed by atoms with van der Waals surface area (Å²) in [7, 11) is -3.09. The van der Waals surface area contributed by atoms with Gasteiger partial charge in [0.25, 0.3) is 0 Å². The van der Waals surface area contributed by atoms with Gasteiger partial charge in [-0.25, -0.2) is 8.42 Å². The van der Waals surface area contributed by atoms with Crippen molar-refractivity contribution < 1.29 is 8.42 Å². The fraction of sp³-hybridized carbons (Fsp3) is 0.586. The van der Waals surface area contributed by atoms with Crippen LogP contribution in [0.3, 0.4) is 0 Å². The fourth-order valence-corrected chi connectivity index (χ4v) is 6.84. The minimum Gasteiger partial charge on any atom is -0.303 e. The average molecular weight is 498 g/mol. The highest BCUT2D eigenvalue weighted by atomic mass is 32.2. The number of aryl methyl sites for hydroxylation is 1. The van der Waals surface area contributed by atoms with Crippen LogP contribution in [-0.4, -0.2) is 74.1 Å². The van der Waals surface area contributed by atoms with E-state index < -0.39 is 10.0 Å². The molecule has 0 saturated carbocycles. The first-order chi connectivity index (χ1) is 17.0. The van der Waals surface area contributed by atoms with Crippen molar-refractivity contribution in [2.24, 2.45) is 5.92 Å². The van der Waals surface area contributed by atoms with Crippen LogP contribution in [0.5, 0.6) is 0 Å². The SMILES string of the molecule is CCS(=O)(=O)N1CCN(C(CCN2CCC(CCCc3ccccc3)CC2)c2ccccc2)CC1. The zero-order valence-electron chi connectivity index (χ0n) is 21.4. The van der Waals surface area contributed by atoms with Crippen molar-refractivity contribution in [3.05, 3.63) is 71.8 Å². The van der Waals surface area contributed by atoms with Crippen molar-refractivity contribution in [3.63, 3.8) is 0 Å². The standard InChI is InChI=1S/C29H43N3O2S/c1-2-35(33,34)32-24-22-31(23-25-32)29(28-14-7-4-8-15-28)18-21-30-19-16-27(17-20-30)13-9-12-26-10-5-3-6-11-26/h3-8,10-11,14-15,27,29H,2,9,12-13,16-25H2,1H3. The summed E-state index contributed by atoms with van der Waals surface area (Å²) < 4.78 is 26.3. The highest BCUT2D eigenvalue weighted by Crippen LogP contribution is 2.28. The molecule has 4 rings (SSSR count). The number of hydrogen-bond acceptors (Lipinski definition) is 4. The molecule has 192 valence electrons. The summed E-state index contributed by atoms with van der Waals surface area (Å²) in [6.45, 7) is 8.09. The summed E-state index contributed by atoms with van der Waals surface area (Å²) >= 11 is 0. The lowest BCUT2D eigenvalue weighted by atomic mass is 9.90. The summed E-state index contributed by atoms with van der Waals surface area (Å²) in [6, 6.07) is 22.0. The van der Waals surface area contributed by atoms with Gasteiger partial charge in [0, 0.05) is 32.2 Å². The quantitative estimate of drug-likeness (QED) is 0.446. The molecule has 1 atom stereocenters. The molecular formula is C29H43N3O2S. The molecule has 0 bridgehead atoms. The van der Waals surface area contributed by atoms with E-state index in [4.69, 9.17) is 0 Å². The first-order valence-corrected chi connectivity index (χ1v) is 15.2. The molecule has 2 aromatic carbocycles. The Morgan fingerprint density at radius 3 is 2.11 bits per heavy atom. The smallest absolute Gasteiger partial charge is 0.213 e. The molecule has 6 heteroatoms. The molecule has 35 heavy (non-hydrogen) atoms. The number of benzene rings is 2. The van der Waals surface area contributed by atoms with Crippen molar-refractivity contribution in [1.29, 1.82) is 0 Å². The lowest BCUT2D eigenvalue weighted by Gasteiger charge is -2.40. The largest absolute Gasteiger partial charge is 0.303 e. The minimum absolute atomic E-state index is 0.192. The van der Waals surface area contributed by atoms with E-state index in [2.05, 4.69) is 70.5 Å². The molecule has 0 spiro atoms. The van der Waals surface area contributed by atoms with E-state index in [1.54, 1.807) is 11.2 Å². The fourth-order valence-electron chi connectivity index (χ4n) is 5.75. The number of hydrogen-bond donors (Lipinski definition) is 0. The Hall–Kier alpha value is -1.73. The van der Waals surface area contributed by atoms with Crippen LogP contribution in [0.15, 0.2) is 60.7 Å². The van der Waals surface area contributed by atoms with Crippen LogP contribution in [0.25, 0.3) is 0 Å². The van der Waals surface area contributed by atoms with Crippen molar-refractivity contribution >= 4 is 10.0 Å². The second kappa shape index (κ2) is 13.0. The average Bonchev–Trinajstić information content (AvgIpc) is 2.91. The second-order valence-electron chi connectivity index (χ2n) is 10.2. The summed E-state index contributed by atoms with van der Waals surface area (Å²) in [5.74, 6) is 1.06. The molecule has 0 amide bonds. The Bertz CT molecular complexity index is 968. The maximum absolute atomic E-state index is 12.3. The van der Waals surface area contributed by atoms with Crippen LogP contribution < -0.4 is 0 Å². The van der Waals surface area contributed by atoms with Gasteiger partial charge in [-0.15, -0.1) is 0 Å². The predicted octanol–water partition coefficient (Wildman–Crippen LogP) is 4.82. The molecule has 2 aromatic rings. The number of sulfonamides is 1. The topological polar surface area (TPSA) is 43.9 Å². The molecule has 2 aliphatic heterocycles. The number of likely N-dealkylation sites (tertiary alicyclic amines) is 1. The molecule has 2 saturated heterocycles. The highest BCUT2D eigenvalue weighted by molar-refractivity contribution is 7.89. The van der Waals surface area contributed by atoms with Crippen molar-refractivity contribution in [3.8, 4) is 0 Å². The molecule has 0 radical (unpaired) electrons.